The van der Waals surface area contributed by atoms with Gasteiger partial charge in [-0.15, -0.1) is 11.6 Å². The third-order valence-corrected chi connectivity index (χ3v) is 3.66. The molecule has 0 aliphatic rings. The second kappa shape index (κ2) is 5.15. The largest absolute Gasteiger partial charge is 0.444 e. The zero-order valence-electron chi connectivity index (χ0n) is 12.0. The fourth-order valence-corrected chi connectivity index (χ4v) is 2.50. The van der Waals surface area contributed by atoms with E-state index in [1.165, 1.54) is 12.1 Å². The van der Waals surface area contributed by atoms with E-state index in [9.17, 15) is 4.39 Å². The predicted molar refractivity (Wildman–Crippen MR) is 79.0 cm³/mol. The minimum absolute atomic E-state index is 0.294. The van der Waals surface area contributed by atoms with Crippen LogP contribution in [0.3, 0.4) is 0 Å². The van der Waals surface area contributed by atoms with E-state index in [-0.39, 0.29) is 11.2 Å². The zero-order valence-corrected chi connectivity index (χ0v) is 12.8. The molecule has 0 bridgehead atoms. The molecule has 0 aliphatic carbocycles. The minimum atomic E-state index is -0.316. The Balaban J connectivity index is 2.12. The summed E-state index contributed by atoms with van der Waals surface area (Å²) < 4.78 is 20.9. The first kappa shape index (κ1) is 14.1. The maximum Gasteiger partial charge on any atom is 0.214 e. The number of nitrogens with zero attached hydrogens (tertiary/aromatic N) is 3. The third kappa shape index (κ3) is 2.53. The second-order valence-electron chi connectivity index (χ2n) is 5.05. The van der Waals surface area contributed by atoms with E-state index in [4.69, 9.17) is 16.0 Å². The molecular weight excluding hydrogens is 293 g/mol. The van der Waals surface area contributed by atoms with Gasteiger partial charge in [-0.25, -0.2) is 14.4 Å². The molecule has 0 aliphatic heterocycles. The lowest BCUT2D eigenvalue weighted by atomic mass is 10.3. The predicted octanol–water partition coefficient (Wildman–Crippen LogP) is 4.13. The van der Waals surface area contributed by atoms with Crippen LogP contribution in [0.1, 0.15) is 35.5 Å². The highest BCUT2D eigenvalue weighted by Crippen LogP contribution is 2.26. The van der Waals surface area contributed by atoms with Crippen LogP contribution in [0, 0.1) is 19.7 Å². The summed E-state index contributed by atoms with van der Waals surface area (Å²) in [4.78, 5) is 8.80. The molecule has 1 atom stereocenters. The van der Waals surface area contributed by atoms with Crippen LogP contribution in [0.15, 0.2) is 22.6 Å². The number of hydrogen-bond acceptors (Lipinski definition) is 3. The van der Waals surface area contributed by atoms with Crippen molar-refractivity contribution in [2.75, 3.05) is 0 Å². The lowest BCUT2D eigenvalue weighted by Crippen LogP contribution is -2.06. The average molecular weight is 308 g/mol. The monoisotopic (exact) mass is 307 g/mol. The molecule has 3 rings (SSSR count). The van der Waals surface area contributed by atoms with Gasteiger partial charge in [-0.2, -0.15) is 0 Å². The molecule has 4 nitrogen and oxygen atoms in total. The topological polar surface area (TPSA) is 43.9 Å². The number of hydrogen-bond donors (Lipinski definition) is 0. The van der Waals surface area contributed by atoms with Gasteiger partial charge in [-0.3, -0.25) is 0 Å². The van der Waals surface area contributed by atoms with Crippen molar-refractivity contribution in [1.82, 2.24) is 14.5 Å². The molecule has 0 fully saturated rings. The van der Waals surface area contributed by atoms with Gasteiger partial charge in [0.15, 0.2) is 0 Å². The van der Waals surface area contributed by atoms with E-state index < -0.39 is 0 Å². The van der Waals surface area contributed by atoms with Gasteiger partial charge in [0.05, 0.1) is 22.1 Å². The van der Waals surface area contributed by atoms with E-state index in [2.05, 4.69) is 9.97 Å². The Labute approximate surface area is 126 Å². The summed E-state index contributed by atoms with van der Waals surface area (Å²) in [5, 5.41) is -0.294. The van der Waals surface area contributed by atoms with Crippen molar-refractivity contribution in [3.8, 4) is 0 Å². The summed E-state index contributed by atoms with van der Waals surface area (Å²) in [5.74, 6) is 1.74. The van der Waals surface area contributed by atoms with Crippen molar-refractivity contribution in [1.29, 1.82) is 0 Å². The molecule has 0 radical (unpaired) electrons. The highest BCUT2D eigenvalue weighted by molar-refractivity contribution is 6.20. The Morgan fingerprint density at radius 1 is 1.33 bits per heavy atom. The fourth-order valence-electron chi connectivity index (χ4n) is 2.33. The van der Waals surface area contributed by atoms with Gasteiger partial charge in [0.25, 0.3) is 0 Å². The van der Waals surface area contributed by atoms with Gasteiger partial charge in [0.1, 0.15) is 23.9 Å². The minimum Gasteiger partial charge on any atom is -0.444 e. The van der Waals surface area contributed by atoms with Crippen molar-refractivity contribution >= 4 is 22.6 Å². The molecule has 0 spiro atoms. The highest BCUT2D eigenvalue weighted by atomic mass is 35.5. The highest BCUT2D eigenvalue weighted by Gasteiger charge is 2.17. The fraction of sp³-hybridized carbons (Fsp3) is 0.333. The van der Waals surface area contributed by atoms with Crippen LogP contribution in [0.2, 0.25) is 0 Å². The molecule has 21 heavy (non-hydrogen) atoms. The van der Waals surface area contributed by atoms with Crippen molar-refractivity contribution < 1.29 is 8.81 Å². The number of halogens is 2. The summed E-state index contributed by atoms with van der Waals surface area (Å²) in [7, 11) is 0. The molecule has 0 N–H and O–H groups in total. The average Bonchev–Trinajstić information content (AvgIpc) is 2.91. The molecule has 3 aromatic rings. The van der Waals surface area contributed by atoms with E-state index >= 15 is 0 Å². The first-order valence-electron chi connectivity index (χ1n) is 6.68. The lowest BCUT2D eigenvalue weighted by Gasteiger charge is -2.08. The first-order valence-corrected chi connectivity index (χ1v) is 7.12. The van der Waals surface area contributed by atoms with Gasteiger partial charge in [-0.05, 0) is 32.9 Å². The number of fused-ring (bicyclic) bond motifs is 1. The van der Waals surface area contributed by atoms with Crippen LogP contribution in [-0.4, -0.2) is 14.5 Å². The molecule has 2 heterocycles. The van der Waals surface area contributed by atoms with Crippen molar-refractivity contribution in [2.24, 2.45) is 0 Å². The van der Waals surface area contributed by atoms with E-state index in [1.807, 2.05) is 25.3 Å². The maximum atomic E-state index is 13.3. The summed E-state index contributed by atoms with van der Waals surface area (Å²) in [6.45, 7) is 6.03. The first-order chi connectivity index (χ1) is 9.95. The second-order valence-corrected chi connectivity index (χ2v) is 5.71. The Bertz CT molecular complexity index is 787. The van der Waals surface area contributed by atoms with Crippen LogP contribution in [0.5, 0.6) is 0 Å². The number of aromatic nitrogens is 3. The SMILES string of the molecule is Cc1nc(Cn2c(C(C)Cl)nc3cc(F)ccc32)oc1C. The number of alkyl halides is 1. The van der Waals surface area contributed by atoms with Crippen molar-refractivity contribution in [2.45, 2.75) is 32.7 Å². The van der Waals surface area contributed by atoms with Gasteiger partial charge >= 0.3 is 0 Å². The van der Waals surface area contributed by atoms with Crippen LogP contribution < -0.4 is 0 Å². The van der Waals surface area contributed by atoms with Crippen molar-refractivity contribution in [3.05, 3.63) is 47.2 Å². The number of aryl methyl sites for hydroxylation is 2. The molecule has 1 aromatic carbocycles. The molecule has 0 saturated heterocycles. The molecular formula is C15H15ClFN3O. The van der Waals surface area contributed by atoms with E-state index in [0.717, 1.165) is 17.0 Å². The third-order valence-electron chi connectivity index (χ3n) is 3.46. The van der Waals surface area contributed by atoms with E-state index in [1.54, 1.807) is 6.07 Å². The van der Waals surface area contributed by atoms with Crippen LogP contribution in [0.4, 0.5) is 4.39 Å². The van der Waals surface area contributed by atoms with Gasteiger partial charge in [0.2, 0.25) is 5.89 Å². The Morgan fingerprint density at radius 2 is 2.10 bits per heavy atom. The molecule has 110 valence electrons. The van der Waals surface area contributed by atoms with Gasteiger partial charge in [0, 0.05) is 6.07 Å². The van der Waals surface area contributed by atoms with Crippen LogP contribution >= 0.6 is 11.6 Å². The lowest BCUT2D eigenvalue weighted by molar-refractivity contribution is 0.456. The van der Waals surface area contributed by atoms with Crippen LogP contribution in [-0.2, 0) is 6.54 Å². The number of oxazole rings is 1. The number of rotatable bonds is 3. The zero-order chi connectivity index (χ0) is 15.1. The van der Waals surface area contributed by atoms with Crippen LogP contribution in [0.25, 0.3) is 11.0 Å². The van der Waals surface area contributed by atoms with Gasteiger partial charge < -0.3 is 8.98 Å². The summed E-state index contributed by atoms with van der Waals surface area (Å²) in [6.07, 6.45) is 0. The smallest absolute Gasteiger partial charge is 0.214 e. The Kier molecular flexibility index (Phi) is 3.45. The standard InChI is InChI=1S/C15H15ClFN3O/c1-8(16)15-19-12-6-11(17)4-5-13(12)20(15)7-14-18-9(2)10(3)21-14/h4-6,8H,7H2,1-3H3. The Hall–Kier alpha value is -1.88. The van der Waals surface area contributed by atoms with Gasteiger partial charge in [-0.1, -0.05) is 0 Å². The summed E-state index contributed by atoms with van der Waals surface area (Å²) in [5.41, 5.74) is 2.26. The summed E-state index contributed by atoms with van der Waals surface area (Å²) >= 11 is 6.19. The number of benzene rings is 1. The van der Waals surface area contributed by atoms with E-state index in [0.29, 0.717) is 23.8 Å². The molecule has 2 aromatic heterocycles. The summed E-state index contributed by atoms with van der Waals surface area (Å²) in [6, 6.07) is 4.51. The normalized spacial score (nSPS) is 13.0. The molecule has 0 saturated carbocycles. The molecule has 6 heteroatoms. The quantitative estimate of drug-likeness (QED) is 0.683. The Morgan fingerprint density at radius 3 is 2.71 bits per heavy atom. The number of imidazole rings is 1. The molecule has 0 amide bonds. The maximum absolute atomic E-state index is 13.3. The molecule has 1 unspecified atom stereocenters. The van der Waals surface area contributed by atoms with Crippen molar-refractivity contribution in [3.63, 3.8) is 0 Å².